The molecular weight excluding hydrogens is 220 g/mol. The van der Waals surface area contributed by atoms with Gasteiger partial charge in [0.1, 0.15) is 0 Å². The third-order valence-corrected chi connectivity index (χ3v) is 2.97. The average Bonchev–Trinajstić information content (AvgIpc) is 2.29. The van der Waals surface area contributed by atoms with Crippen LogP contribution in [0.1, 0.15) is 22.9 Å². The molecule has 0 radical (unpaired) electrons. The van der Waals surface area contributed by atoms with Gasteiger partial charge in [0.05, 0.1) is 6.04 Å². The minimum absolute atomic E-state index is 0.220. The summed E-state index contributed by atoms with van der Waals surface area (Å²) < 4.78 is 0. The van der Waals surface area contributed by atoms with E-state index in [2.05, 4.69) is 4.98 Å². The lowest BCUT2D eigenvalue weighted by Crippen LogP contribution is -2.14. The first-order chi connectivity index (χ1) is 7.70. The lowest BCUT2D eigenvalue weighted by atomic mass is 9.99. The summed E-state index contributed by atoms with van der Waals surface area (Å²) in [6, 6.07) is 11.3. The molecule has 2 nitrogen and oxygen atoms in total. The van der Waals surface area contributed by atoms with Gasteiger partial charge in [-0.05, 0) is 30.2 Å². The van der Waals surface area contributed by atoms with E-state index in [1.807, 2.05) is 43.3 Å². The van der Waals surface area contributed by atoms with Crippen molar-refractivity contribution in [2.75, 3.05) is 0 Å². The molecule has 0 saturated heterocycles. The van der Waals surface area contributed by atoms with Crippen LogP contribution in [-0.4, -0.2) is 4.98 Å². The molecular formula is C13H13ClN2. The van der Waals surface area contributed by atoms with Gasteiger partial charge in [-0.1, -0.05) is 35.9 Å². The maximum atomic E-state index is 6.19. The number of nitrogens with two attached hydrogens (primary N) is 1. The third kappa shape index (κ3) is 2.08. The Morgan fingerprint density at radius 2 is 1.81 bits per heavy atom. The van der Waals surface area contributed by atoms with E-state index < -0.39 is 0 Å². The van der Waals surface area contributed by atoms with Gasteiger partial charge in [-0.25, -0.2) is 0 Å². The molecule has 3 heteroatoms. The van der Waals surface area contributed by atoms with Gasteiger partial charge in [0.25, 0.3) is 0 Å². The lowest BCUT2D eigenvalue weighted by molar-refractivity contribution is 0.848. The number of aromatic nitrogens is 1. The molecule has 1 aromatic carbocycles. The molecule has 1 aromatic heterocycles. The second kappa shape index (κ2) is 4.64. The zero-order valence-electron chi connectivity index (χ0n) is 9.02. The van der Waals surface area contributed by atoms with E-state index in [1.165, 1.54) is 0 Å². The molecule has 0 aliphatic heterocycles. The topological polar surface area (TPSA) is 38.9 Å². The largest absolute Gasteiger partial charge is 0.320 e. The number of halogens is 1. The SMILES string of the molecule is Cc1ncccc1C(N)c1ccccc1Cl. The Balaban J connectivity index is 2.44. The van der Waals surface area contributed by atoms with Crippen molar-refractivity contribution >= 4 is 11.6 Å². The molecule has 82 valence electrons. The van der Waals surface area contributed by atoms with Gasteiger partial charge in [-0.2, -0.15) is 0 Å². The normalized spacial score (nSPS) is 12.4. The minimum atomic E-state index is -0.220. The zero-order chi connectivity index (χ0) is 11.5. The maximum Gasteiger partial charge on any atom is 0.0584 e. The second-order valence-corrected chi connectivity index (χ2v) is 4.08. The highest BCUT2D eigenvalue weighted by Gasteiger charge is 2.13. The number of hydrogen-bond donors (Lipinski definition) is 1. The highest BCUT2D eigenvalue weighted by atomic mass is 35.5. The number of pyridine rings is 1. The van der Waals surface area contributed by atoms with Crippen molar-refractivity contribution in [3.63, 3.8) is 0 Å². The van der Waals surface area contributed by atoms with Crippen LogP contribution in [0.5, 0.6) is 0 Å². The molecule has 0 amide bonds. The fourth-order valence-electron chi connectivity index (χ4n) is 1.72. The summed E-state index contributed by atoms with van der Waals surface area (Å²) in [6.07, 6.45) is 1.76. The number of aryl methyl sites for hydroxylation is 1. The summed E-state index contributed by atoms with van der Waals surface area (Å²) in [6.45, 7) is 1.95. The summed E-state index contributed by atoms with van der Waals surface area (Å²) in [7, 11) is 0. The smallest absolute Gasteiger partial charge is 0.0584 e. The summed E-state index contributed by atoms with van der Waals surface area (Å²) in [5.74, 6) is 0. The Morgan fingerprint density at radius 3 is 2.50 bits per heavy atom. The number of benzene rings is 1. The van der Waals surface area contributed by atoms with Crippen LogP contribution < -0.4 is 5.73 Å². The van der Waals surface area contributed by atoms with Crippen molar-refractivity contribution in [1.82, 2.24) is 4.98 Å². The van der Waals surface area contributed by atoms with Crippen LogP contribution in [0, 0.1) is 6.92 Å². The molecule has 0 aliphatic carbocycles. The van der Waals surface area contributed by atoms with E-state index in [0.29, 0.717) is 5.02 Å². The number of rotatable bonds is 2. The first-order valence-electron chi connectivity index (χ1n) is 5.11. The van der Waals surface area contributed by atoms with Gasteiger partial charge in [0.2, 0.25) is 0 Å². The Morgan fingerprint density at radius 1 is 1.12 bits per heavy atom. The molecule has 0 bridgehead atoms. The third-order valence-electron chi connectivity index (χ3n) is 2.62. The van der Waals surface area contributed by atoms with Gasteiger partial charge >= 0.3 is 0 Å². The van der Waals surface area contributed by atoms with Crippen LogP contribution in [0.2, 0.25) is 5.02 Å². The molecule has 0 spiro atoms. The van der Waals surface area contributed by atoms with Crippen LogP contribution in [-0.2, 0) is 0 Å². The predicted octanol–water partition coefficient (Wildman–Crippen LogP) is 3.09. The summed E-state index contributed by atoms with van der Waals surface area (Å²) in [5.41, 5.74) is 9.07. The van der Waals surface area contributed by atoms with Gasteiger partial charge in [0.15, 0.2) is 0 Å². The van der Waals surface area contributed by atoms with Crippen LogP contribution in [0.15, 0.2) is 42.6 Å². The maximum absolute atomic E-state index is 6.19. The lowest BCUT2D eigenvalue weighted by Gasteiger charge is -2.15. The van der Waals surface area contributed by atoms with Crippen LogP contribution in [0.3, 0.4) is 0 Å². The fraction of sp³-hybridized carbons (Fsp3) is 0.154. The van der Waals surface area contributed by atoms with E-state index in [9.17, 15) is 0 Å². The molecule has 0 saturated carbocycles. The Labute approximate surface area is 100 Å². The molecule has 0 aliphatic rings. The van der Waals surface area contributed by atoms with Gasteiger partial charge in [0, 0.05) is 16.9 Å². The molecule has 1 unspecified atom stereocenters. The van der Waals surface area contributed by atoms with Crippen molar-refractivity contribution in [1.29, 1.82) is 0 Å². The van der Waals surface area contributed by atoms with Crippen molar-refractivity contribution in [2.45, 2.75) is 13.0 Å². The van der Waals surface area contributed by atoms with Gasteiger partial charge < -0.3 is 5.73 Å². The van der Waals surface area contributed by atoms with E-state index in [0.717, 1.165) is 16.8 Å². The molecule has 2 aromatic rings. The first kappa shape index (κ1) is 11.1. The van der Waals surface area contributed by atoms with Gasteiger partial charge in [-0.15, -0.1) is 0 Å². The second-order valence-electron chi connectivity index (χ2n) is 3.68. The van der Waals surface area contributed by atoms with Crippen LogP contribution in [0.25, 0.3) is 0 Å². The monoisotopic (exact) mass is 232 g/mol. The fourth-order valence-corrected chi connectivity index (χ4v) is 1.97. The number of hydrogen-bond acceptors (Lipinski definition) is 2. The molecule has 16 heavy (non-hydrogen) atoms. The minimum Gasteiger partial charge on any atom is -0.320 e. The summed E-state index contributed by atoms with van der Waals surface area (Å²) >= 11 is 6.12. The highest BCUT2D eigenvalue weighted by molar-refractivity contribution is 6.31. The Kier molecular flexibility index (Phi) is 3.22. The molecule has 2 rings (SSSR count). The Bertz CT molecular complexity index is 451. The summed E-state index contributed by atoms with van der Waals surface area (Å²) in [4.78, 5) is 4.23. The standard InChI is InChI=1S/C13H13ClN2/c1-9-10(6-4-8-16-9)13(15)11-5-2-3-7-12(11)14/h2-8,13H,15H2,1H3. The Hall–Kier alpha value is -1.38. The quantitative estimate of drug-likeness (QED) is 0.864. The van der Waals surface area contributed by atoms with E-state index in [4.69, 9.17) is 17.3 Å². The number of nitrogens with zero attached hydrogens (tertiary/aromatic N) is 1. The first-order valence-corrected chi connectivity index (χ1v) is 5.49. The van der Waals surface area contributed by atoms with Crippen LogP contribution >= 0.6 is 11.6 Å². The van der Waals surface area contributed by atoms with Crippen molar-refractivity contribution in [2.24, 2.45) is 5.73 Å². The van der Waals surface area contributed by atoms with Crippen molar-refractivity contribution in [3.05, 3.63) is 64.4 Å². The van der Waals surface area contributed by atoms with E-state index >= 15 is 0 Å². The van der Waals surface area contributed by atoms with E-state index in [-0.39, 0.29) is 6.04 Å². The highest BCUT2D eigenvalue weighted by Crippen LogP contribution is 2.27. The predicted molar refractivity (Wildman–Crippen MR) is 66.5 cm³/mol. The molecule has 1 atom stereocenters. The van der Waals surface area contributed by atoms with Crippen molar-refractivity contribution < 1.29 is 0 Å². The van der Waals surface area contributed by atoms with Crippen molar-refractivity contribution in [3.8, 4) is 0 Å². The van der Waals surface area contributed by atoms with Crippen LogP contribution in [0.4, 0.5) is 0 Å². The van der Waals surface area contributed by atoms with E-state index in [1.54, 1.807) is 6.20 Å². The zero-order valence-corrected chi connectivity index (χ0v) is 9.78. The average molecular weight is 233 g/mol. The molecule has 0 fully saturated rings. The molecule has 2 N–H and O–H groups in total. The molecule has 1 heterocycles. The van der Waals surface area contributed by atoms with Gasteiger partial charge in [-0.3, -0.25) is 4.98 Å². The summed E-state index contributed by atoms with van der Waals surface area (Å²) in [5, 5.41) is 0.693.